The minimum Gasteiger partial charge on any atom is -0.359 e. The number of hydrogen-bond donors (Lipinski definition) is 2. The molecule has 0 unspecified atom stereocenters. The first kappa shape index (κ1) is 15.4. The molecule has 1 amide bonds. The quantitative estimate of drug-likeness (QED) is 0.676. The smallest absolute Gasteiger partial charge is 0.328 e. The van der Waals surface area contributed by atoms with E-state index in [2.05, 4.69) is 5.32 Å². The number of amides is 1. The Bertz CT molecular complexity index is 691. The van der Waals surface area contributed by atoms with Crippen LogP contribution in [-0.4, -0.2) is 30.9 Å². The van der Waals surface area contributed by atoms with Crippen molar-refractivity contribution in [2.45, 2.75) is 24.3 Å². The minimum atomic E-state index is -4.23. The van der Waals surface area contributed by atoms with Crippen molar-refractivity contribution in [3.05, 3.63) is 27.0 Å². The van der Waals surface area contributed by atoms with Gasteiger partial charge in [0.1, 0.15) is 0 Å². The van der Waals surface area contributed by atoms with Crippen LogP contribution in [0, 0.1) is 0 Å². The Balaban J connectivity index is 3.00. The van der Waals surface area contributed by atoms with Crippen LogP contribution < -0.4 is 16.6 Å². The lowest BCUT2D eigenvalue weighted by Crippen LogP contribution is -2.32. The summed E-state index contributed by atoms with van der Waals surface area (Å²) in [6.45, 7) is 0.0858. The van der Waals surface area contributed by atoms with Gasteiger partial charge in [-0.1, -0.05) is 0 Å². The molecule has 1 aromatic heterocycles. The van der Waals surface area contributed by atoms with Gasteiger partial charge in [-0.3, -0.25) is 19.1 Å². The number of rotatable bonds is 5. The Kier molecular flexibility index (Phi) is 4.90. The van der Waals surface area contributed by atoms with E-state index in [-0.39, 0.29) is 18.9 Å². The number of nitrogens with zero attached hydrogens (tertiary/aromatic N) is 1. The molecule has 106 valence electrons. The van der Waals surface area contributed by atoms with Crippen LogP contribution in [0.15, 0.2) is 20.7 Å². The van der Waals surface area contributed by atoms with Crippen molar-refractivity contribution in [1.29, 1.82) is 0 Å². The monoisotopic (exact) mass is 309 g/mol. The second-order valence-corrected chi connectivity index (χ2v) is 6.19. The number of carbonyl (C=O) groups excluding carboxylic acids is 1. The highest BCUT2D eigenvalue weighted by Crippen LogP contribution is 2.07. The van der Waals surface area contributed by atoms with Crippen molar-refractivity contribution in [3.8, 4) is 0 Å². The summed E-state index contributed by atoms with van der Waals surface area (Å²) in [5, 5.41) is 2.41. The van der Waals surface area contributed by atoms with Gasteiger partial charge in [0.05, 0.1) is 0 Å². The zero-order valence-electron chi connectivity index (χ0n) is 9.97. The molecule has 19 heavy (non-hydrogen) atoms. The predicted octanol–water partition coefficient (Wildman–Crippen LogP) is -1.01. The van der Waals surface area contributed by atoms with E-state index < -0.39 is 25.2 Å². The van der Waals surface area contributed by atoms with Crippen LogP contribution in [0.3, 0.4) is 0 Å². The van der Waals surface area contributed by atoms with Gasteiger partial charge >= 0.3 is 5.69 Å². The standard InChI is InChI=1S/C9H12ClN3O5S/c1-11-7(14)3-2-4-13-5-6(19(10,17)18)8(15)12-9(13)16/h5H,2-4H2,1H3,(H,11,14)(H,12,15,16). The molecule has 0 saturated carbocycles. The Morgan fingerprint density at radius 3 is 2.63 bits per heavy atom. The van der Waals surface area contributed by atoms with Gasteiger partial charge in [0.15, 0.2) is 4.90 Å². The van der Waals surface area contributed by atoms with E-state index in [0.717, 1.165) is 10.8 Å². The fourth-order valence-corrected chi connectivity index (χ4v) is 2.22. The average Bonchev–Trinajstić information content (AvgIpc) is 2.29. The van der Waals surface area contributed by atoms with Gasteiger partial charge in [-0.25, -0.2) is 13.2 Å². The summed E-state index contributed by atoms with van der Waals surface area (Å²) in [5.74, 6) is -0.206. The van der Waals surface area contributed by atoms with Crippen LogP contribution in [0.25, 0.3) is 0 Å². The zero-order chi connectivity index (χ0) is 14.6. The number of aromatic amines is 1. The fraction of sp³-hybridized carbons (Fsp3) is 0.444. The van der Waals surface area contributed by atoms with E-state index in [4.69, 9.17) is 10.7 Å². The van der Waals surface area contributed by atoms with E-state index in [9.17, 15) is 22.8 Å². The predicted molar refractivity (Wildman–Crippen MR) is 67.7 cm³/mol. The average molecular weight is 310 g/mol. The van der Waals surface area contributed by atoms with Crippen LogP contribution >= 0.6 is 10.7 Å². The summed E-state index contributed by atoms with van der Waals surface area (Å²) >= 11 is 0. The molecule has 0 bridgehead atoms. The van der Waals surface area contributed by atoms with E-state index in [1.165, 1.54) is 7.05 Å². The molecule has 1 aromatic rings. The van der Waals surface area contributed by atoms with Crippen LogP contribution in [0.2, 0.25) is 0 Å². The van der Waals surface area contributed by atoms with Gasteiger partial charge in [-0.2, -0.15) is 0 Å². The van der Waals surface area contributed by atoms with Gasteiger partial charge in [-0.05, 0) is 6.42 Å². The largest absolute Gasteiger partial charge is 0.359 e. The van der Waals surface area contributed by atoms with E-state index in [1.54, 1.807) is 0 Å². The Labute approximate surface area is 112 Å². The van der Waals surface area contributed by atoms with Crippen molar-refractivity contribution in [1.82, 2.24) is 14.9 Å². The van der Waals surface area contributed by atoms with Crippen molar-refractivity contribution in [3.63, 3.8) is 0 Å². The van der Waals surface area contributed by atoms with Gasteiger partial charge in [0.2, 0.25) is 5.91 Å². The van der Waals surface area contributed by atoms with Crippen LogP contribution in [-0.2, 0) is 20.4 Å². The summed E-state index contributed by atoms with van der Waals surface area (Å²) in [7, 11) is 2.32. The van der Waals surface area contributed by atoms with Crippen molar-refractivity contribution >= 4 is 25.6 Å². The molecule has 2 N–H and O–H groups in total. The van der Waals surface area contributed by atoms with Gasteiger partial charge in [0.25, 0.3) is 14.6 Å². The van der Waals surface area contributed by atoms with E-state index in [0.29, 0.717) is 6.42 Å². The summed E-state index contributed by atoms with van der Waals surface area (Å²) < 4.78 is 23.2. The van der Waals surface area contributed by atoms with Crippen LogP contribution in [0.1, 0.15) is 12.8 Å². The molecule has 0 aliphatic rings. The van der Waals surface area contributed by atoms with Gasteiger partial charge < -0.3 is 5.32 Å². The highest BCUT2D eigenvalue weighted by Gasteiger charge is 2.17. The van der Waals surface area contributed by atoms with E-state index in [1.807, 2.05) is 4.98 Å². The second-order valence-electron chi connectivity index (χ2n) is 3.66. The third-order valence-electron chi connectivity index (χ3n) is 2.32. The third kappa shape index (κ3) is 4.21. The third-order valence-corrected chi connectivity index (χ3v) is 3.64. The molecule has 10 heteroatoms. The molecule has 0 fully saturated rings. The van der Waals surface area contributed by atoms with Crippen LogP contribution in [0.4, 0.5) is 0 Å². The van der Waals surface area contributed by atoms with Crippen molar-refractivity contribution < 1.29 is 13.2 Å². The fourth-order valence-electron chi connectivity index (χ4n) is 1.36. The minimum absolute atomic E-state index is 0.0858. The number of halogens is 1. The molecule has 0 saturated heterocycles. The summed E-state index contributed by atoms with van der Waals surface area (Å²) in [5.41, 5.74) is -1.83. The zero-order valence-corrected chi connectivity index (χ0v) is 11.5. The Morgan fingerprint density at radius 2 is 2.11 bits per heavy atom. The lowest BCUT2D eigenvalue weighted by molar-refractivity contribution is -0.120. The van der Waals surface area contributed by atoms with Crippen molar-refractivity contribution in [2.75, 3.05) is 7.05 Å². The molecule has 1 rings (SSSR count). The lowest BCUT2D eigenvalue weighted by Gasteiger charge is -2.05. The van der Waals surface area contributed by atoms with Crippen molar-refractivity contribution in [2.24, 2.45) is 0 Å². The molecule has 0 atom stereocenters. The number of aromatic nitrogens is 2. The van der Waals surface area contributed by atoms with Gasteiger partial charge in [0, 0.05) is 36.9 Å². The molecule has 8 nitrogen and oxygen atoms in total. The Morgan fingerprint density at radius 1 is 1.47 bits per heavy atom. The molecule has 0 aromatic carbocycles. The maximum atomic E-state index is 11.4. The first-order chi connectivity index (χ1) is 8.75. The first-order valence-corrected chi connectivity index (χ1v) is 7.55. The van der Waals surface area contributed by atoms with Crippen LogP contribution in [0.5, 0.6) is 0 Å². The van der Waals surface area contributed by atoms with E-state index >= 15 is 0 Å². The molecule has 1 heterocycles. The first-order valence-electron chi connectivity index (χ1n) is 5.24. The summed E-state index contributed by atoms with van der Waals surface area (Å²) in [6, 6.07) is 0. The highest BCUT2D eigenvalue weighted by atomic mass is 35.7. The maximum absolute atomic E-state index is 11.4. The lowest BCUT2D eigenvalue weighted by atomic mass is 10.3. The summed E-state index contributed by atoms with van der Waals surface area (Å²) in [6.07, 6.45) is 1.35. The summed E-state index contributed by atoms with van der Waals surface area (Å²) in [4.78, 5) is 34.9. The molecule has 0 spiro atoms. The number of carbonyl (C=O) groups is 1. The Hall–Kier alpha value is -1.61. The number of aryl methyl sites for hydroxylation is 1. The molecule has 0 radical (unpaired) electrons. The number of nitrogens with one attached hydrogen (secondary N) is 2. The second kappa shape index (κ2) is 6.02. The molecular formula is C9H12ClN3O5S. The molecule has 0 aliphatic carbocycles. The topological polar surface area (TPSA) is 118 Å². The normalized spacial score (nSPS) is 11.3. The molecule has 0 aliphatic heterocycles. The SMILES string of the molecule is CNC(=O)CCCn1cc(S(=O)(=O)Cl)c(=O)[nH]c1=O. The van der Waals surface area contributed by atoms with Gasteiger partial charge in [-0.15, -0.1) is 0 Å². The number of hydrogen-bond acceptors (Lipinski definition) is 5. The maximum Gasteiger partial charge on any atom is 0.328 e. The number of H-pyrrole nitrogens is 1. The molecular weight excluding hydrogens is 298 g/mol. The highest BCUT2D eigenvalue weighted by molar-refractivity contribution is 8.13.